The Morgan fingerprint density at radius 1 is 1.47 bits per heavy atom. The number of rotatable bonds is 1. The maximum atomic E-state index is 12.0. The molecule has 1 aliphatic heterocycles. The lowest BCUT2D eigenvalue weighted by atomic mass is 10.00. The van der Waals surface area contributed by atoms with Gasteiger partial charge in [0.2, 0.25) is 0 Å². The van der Waals surface area contributed by atoms with Crippen LogP contribution in [-0.4, -0.2) is 41.1 Å². The zero-order valence-corrected chi connectivity index (χ0v) is 10.3. The fourth-order valence-electron chi connectivity index (χ4n) is 2.08. The van der Waals surface area contributed by atoms with Gasteiger partial charge in [-0.1, -0.05) is 6.07 Å². The molecule has 1 aromatic carbocycles. The lowest BCUT2D eigenvalue weighted by Crippen LogP contribution is -2.43. The number of hydrogen-bond acceptors (Lipinski definition) is 2. The maximum absolute atomic E-state index is 12.0. The molecule has 4 nitrogen and oxygen atoms in total. The second-order valence-electron chi connectivity index (χ2n) is 4.42. The monoisotopic (exact) mass is 234 g/mol. The Morgan fingerprint density at radius 2 is 2.24 bits per heavy atom. The molecule has 1 aliphatic rings. The molecule has 1 heterocycles. The number of hydrogen-bond donors (Lipinski definition) is 1. The Morgan fingerprint density at radius 3 is 2.94 bits per heavy atom. The molecule has 0 bridgehead atoms. The van der Waals surface area contributed by atoms with E-state index in [0.29, 0.717) is 13.1 Å². The van der Waals surface area contributed by atoms with E-state index in [0.717, 1.165) is 18.5 Å². The number of phenols is 1. The number of nitrogens with zero attached hydrogens (tertiary/aromatic N) is 2. The number of carbonyl (C=O) groups excluding carboxylic acids is 1. The third kappa shape index (κ3) is 2.35. The molecule has 0 spiro atoms. The molecule has 2 amide bonds. The van der Waals surface area contributed by atoms with E-state index in [9.17, 15) is 9.90 Å². The average molecular weight is 234 g/mol. The normalized spacial score (nSPS) is 14.4. The summed E-state index contributed by atoms with van der Waals surface area (Å²) in [6.45, 7) is 4.01. The number of carbonyl (C=O) groups is 1. The van der Waals surface area contributed by atoms with Crippen LogP contribution in [0.5, 0.6) is 5.75 Å². The van der Waals surface area contributed by atoms with E-state index in [-0.39, 0.29) is 11.8 Å². The number of amides is 2. The minimum Gasteiger partial charge on any atom is -0.508 e. The van der Waals surface area contributed by atoms with Gasteiger partial charge in [-0.25, -0.2) is 4.79 Å². The van der Waals surface area contributed by atoms with Gasteiger partial charge in [-0.05, 0) is 36.6 Å². The van der Waals surface area contributed by atoms with Gasteiger partial charge in [0.1, 0.15) is 5.75 Å². The second-order valence-corrected chi connectivity index (χ2v) is 4.42. The van der Waals surface area contributed by atoms with E-state index in [1.165, 1.54) is 5.56 Å². The molecular weight excluding hydrogens is 216 g/mol. The van der Waals surface area contributed by atoms with Crippen molar-refractivity contribution in [1.82, 2.24) is 9.80 Å². The van der Waals surface area contributed by atoms with Crippen LogP contribution in [0.3, 0.4) is 0 Å². The number of benzene rings is 1. The predicted octanol–water partition coefficient (Wildman–Crippen LogP) is 1.82. The third-order valence-corrected chi connectivity index (χ3v) is 3.27. The van der Waals surface area contributed by atoms with Gasteiger partial charge in [-0.2, -0.15) is 0 Å². The van der Waals surface area contributed by atoms with Crippen LogP contribution < -0.4 is 0 Å². The Bertz CT molecular complexity index is 431. The van der Waals surface area contributed by atoms with Crippen molar-refractivity contribution < 1.29 is 9.90 Å². The summed E-state index contributed by atoms with van der Waals surface area (Å²) < 4.78 is 0. The average Bonchev–Trinajstić information content (AvgIpc) is 2.36. The van der Waals surface area contributed by atoms with Crippen LogP contribution in [0.2, 0.25) is 0 Å². The lowest BCUT2D eigenvalue weighted by Gasteiger charge is -2.32. The van der Waals surface area contributed by atoms with Crippen molar-refractivity contribution >= 4 is 6.03 Å². The van der Waals surface area contributed by atoms with E-state index < -0.39 is 0 Å². The van der Waals surface area contributed by atoms with Crippen LogP contribution in [-0.2, 0) is 13.0 Å². The highest BCUT2D eigenvalue weighted by molar-refractivity contribution is 5.74. The fraction of sp³-hybridized carbons (Fsp3) is 0.462. The minimum atomic E-state index is 0.0569. The Labute approximate surface area is 101 Å². The smallest absolute Gasteiger partial charge is 0.320 e. The van der Waals surface area contributed by atoms with E-state index in [4.69, 9.17) is 0 Å². The molecule has 0 saturated heterocycles. The van der Waals surface area contributed by atoms with E-state index >= 15 is 0 Å². The highest BCUT2D eigenvalue weighted by Gasteiger charge is 2.22. The number of urea groups is 1. The molecule has 0 aromatic heterocycles. The van der Waals surface area contributed by atoms with Crippen molar-refractivity contribution in [1.29, 1.82) is 0 Å². The van der Waals surface area contributed by atoms with Crippen LogP contribution in [0.4, 0.5) is 4.79 Å². The van der Waals surface area contributed by atoms with Crippen LogP contribution >= 0.6 is 0 Å². The van der Waals surface area contributed by atoms with Gasteiger partial charge in [0.15, 0.2) is 0 Å². The van der Waals surface area contributed by atoms with E-state index in [2.05, 4.69) is 0 Å². The molecule has 0 unspecified atom stereocenters. The van der Waals surface area contributed by atoms with Gasteiger partial charge < -0.3 is 14.9 Å². The summed E-state index contributed by atoms with van der Waals surface area (Å²) in [5, 5.41) is 9.45. The Balaban J connectivity index is 2.15. The molecular formula is C13H18N2O2. The van der Waals surface area contributed by atoms with Crippen molar-refractivity contribution in [3.8, 4) is 5.75 Å². The van der Waals surface area contributed by atoms with Crippen molar-refractivity contribution in [2.75, 3.05) is 20.1 Å². The molecule has 0 aliphatic carbocycles. The lowest BCUT2D eigenvalue weighted by molar-refractivity contribution is 0.159. The van der Waals surface area contributed by atoms with Gasteiger partial charge >= 0.3 is 6.03 Å². The minimum absolute atomic E-state index is 0.0569. The summed E-state index contributed by atoms with van der Waals surface area (Å²) in [5.74, 6) is 0.266. The van der Waals surface area contributed by atoms with Crippen LogP contribution in [0.1, 0.15) is 18.1 Å². The topological polar surface area (TPSA) is 43.8 Å². The zero-order valence-electron chi connectivity index (χ0n) is 10.3. The quantitative estimate of drug-likeness (QED) is 0.805. The van der Waals surface area contributed by atoms with Crippen LogP contribution in [0.15, 0.2) is 18.2 Å². The number of fused-ring (bicyclic) bond motifs is 1. The predicted molar refractivity (Wildman–Crippen MR) is 65.9 cm³/mol. The summed E-state index contributed by atoms with van der Waals surface area (Å²) in [7, 11) is 1.81. The van der Waals surface area contributed by atoms with Crippen molar-refractivity contribution in [3.63, 3.8) is 0 Å². The molecule has 1 N–H and O–H groups in total. The molecule has 0 saturated carbocycles. The van der Waals surface area contributed by atoms with Crippen LogP contribution in [0.25, 0.3) is 0 Å². The van der Waals surface area contributed by atoms with Gasteiger partial charge in [-0.3, -0.25) is 0 Å². The Hall–Kier alpha value is -1.71. The molecule has 4 heteroatoms. The third-order valence-electron chi connectivity index (χ3n) is 3.27. The first-order valence-corrected chi connectivity index (χ1v) is 5.92. The summed E-state index contributed by atoms with van der Waals surface area (Å²) in [6.07, 6.45) is 0.860. The summed E-state index contributed by atoms with van der Waals surface area (Å²) >= 11 is 0. The highest BCUT2D eigenvalue weighted by atomic mass is 16.3. The molecule has 2 rings (SSSR count). The van der Waals surface area contributed by atoms with Gasteiger partial charge in [0.25, 0.3) is 0 Å². The summed E-state index contributed by atoms with van der Waals surface area (Å²) in [4.78, 5) is 15.5. The summed E-state index contributed by atoms with van der Waals surface area (Å²) in [6, 6.07) is 5.45. The highest BCUT2D eigenvalue weighted by Crippen LogP contribution is 2.23. The summed E-state index contributed by atoms with van der Waals surface area (Å²) in [5.41, 5.74) is 2.28. The SMILES string of the molecule is CCN(C)C(=O)N1CCc2ccc(O)cc2C1. The van der Waals surface area contributed by atoms with Crippen molar-refractivity contribution in [2.24, 2.45) is 0 Å². The van der Waals surface area contributed by atoms with Gasteiger partial charge in [-0.15, -0.1) is 0 Å². The molecule has 1 aromatic rings. The number of aromatic hydroxyl groups is 1. The van der Waals surface area contributed by atoms with Gasteiger partial charge in [0.05, 0.1) is 0 Å². The molecule has 17 heavy (non-hydrogen) atoms. The van der Waals surface area contributed by atoms with Crippen LogP contribution in [0, 0.1) is 0 Å². The van der Waals surface area contributed by atoms with Crippen molar-refractivity contribution in [3.05, 3.63) is 29.3 Å². The van der Waals surface area contributed by atoms with E-state index in [1.54, 1.807) is 24.1 Å². The second kappa shape index (κ2) is 4.65. The number of phenolic OH excluding ortho intramolecular Hbond substituents is 1. The molecule has 0 radical (unpaired) electrons. The molecule has 0 fully saturated rings. The first kappa shape index (κ1) is 11.8. The fourth-order valence-corrected chi connectivity index (χ4v) is 2.08. The first-order valence-electron chi connectivity index (χ1n) is 5.92. The zero-order chi connectivity index (χ0) is 12.4. The standard InChI is InChI=1S/C13H18N2O2/c1-3-14(2)13(17)15-7-6-10-4-5-12(16)8-11(10)9-15/h4-5,8,16H,3,6-7,9H2,1-2H3. The largest absolute Gasteiger partial charge is 0.508 e. The van der Waals surface area contributed by atoms with Gasteiger partial charge in [0, 0.05) is 26.7 Å². The van der Waals surface area contributed by atoms with Crippen molar-refractivity contribution in [2.45, 2.75) is 19.9 Å². The first-order chi connectivity index (χ1) is 8.11. The van der Waals surface area contributed by atoms with E-state index in [1.807, 2.05) is 17.9 Å². The molecule has 0 atom stereocenters. The maximum Gasteiger partial charge on any atom is 0.320 e. The Kier molecular flexibility index (Phi) is 3.22. The molecule has 92 valence electrons.